The number of benzene rings is 7. The van der Waals surface area contributed by atoms with Crippen LogP contribution in [-0.2, 0) is 4.57 Å². The second-order valence-corrected chi connectivity index (χ2v) is 16.2. The molecule has 0 fully saturated rings. The van der Waals surface area contributed by atoms with E-state index in [1.807, 2.05) is 82.1 Å². The second-order valence-electron chi connectivity index (χ2n) is 11.9. The quantitative estimate of drug-likeness (QED) is 0.164. The van der Waals surface area contributed by atoms with E-state index in [1.54, 1.807) is 0 Å². The number of hydrogen-bond acceptors (Lipinski definition) is 3. The Morgan fingerprint density at radius 2 is 0.673 bits per heavy atom. The fourth-order valence-corrected chi connectivity index (χ4v) is 12.4. The van der Waals surface area contributed by atoms with Gasteiger partial charge in [0.1, 0.15) is 8.22 Å². The van der Waals surface area contributed by atoms with Crippen molar-refractivity contribution in [3.63, 3.8) is 0 Å². The van der Waals surface area contributed by atoms with Crippen LogP contribution in [0.3, 0.4) is 0 Å². The molecule has 49 heavy (non-hydrogen) atoms. The molecule has 0 atom stereocenters. The van der Waals surface area contributed by atoms with E-state index in [4.69, 9.17) is 0 Å². The van der Waals surface area contributed by atoms with E-state index in [9.17, 15) is 0 Å². The lowest BCUT2D eigenvalue weighted by Crippen LogP contribution is -2.28. The number of rotatable bonds is 6. The summed E-state index contributed by atoms with van der Waals surface area (Å²) in [5.41, 5.74) is 8.22. The van der Waals surface area contributed by atoms with Gasteiger partial charge in [-0.1, -0.05) is 109 Å². The number of nitrogens with zero attached hydrogens (tertiary/aromatic N) is 4. The molecule has 2 aliphatic heterocycles. The van der Waals surface area contributed by atoms with Crippen LogP contribution in [0.1, 0.15) is 0 Å². The zero-order valence-electron chi connectivity index (χ0n) is 26.6. The first kappa shape index (κ1) is 29.5. The van der Waals surface area contributed by atoms with Crippen LogP contribution in [0.5, 0.6) is 0 Å². The molecule has 236 valence electrons. The summed E-state index contributed by atoms with van der Waals surface area (Å²) in [4.78, 5) is 0. The monoisotopic (exact) mass is 670 g/mol. The maximum Gasteiger partial charge on any atom is 0.301 e. The number of anilines is 8. The van der Waals surface area contributed by atoms with Crippen molar-refractivity contribution in [3.05, 3.63) is 194 Å². The van der Waals surface area contributed by atoms with E-state index < -0.39 is 15.7 Å². The van der Waals surface area contributed by atoms with Gasteiger partial charge in [0.2, 0.25) is 0 Å². The zero-order valence-corrected chi connectivity index (χ0v) is 28.4. The van der Waals surface area contributed by atoms with Gasteiger partial charge in [0, 0.05) is 28.1 Å². The maximum atomic E-state index is 16.2. The van der Waals surface area contributed by atoms with Crippen LogP contribution in [0, 0.1) is 0 Å². The first-order chi connectivity index (χ1) is 24.2. The van der Waals surface area contributed by atoms with Crippen molar-refractivity contribution in [2.45, 2.75) is 0 Å². The van der Waals surface area contributed by atoms with Crippen molar-refractivity contribution in [2.24, 2.45) is 0 Å². The van der Waals surface area contributed by atoms with E-state index in [0.717, 1.165) is 56.1 Å². The summed E-state index contributed by atoms with van der Waals surface area (Å²) in [6.45, 7) is 0. The van der Waals surface area contributed by atoms with Crippen molar-refractivity contribution in [2.75, 3.05) is 18.7 Å². The van der Waals surface area contributed by atoms with Crippen molar-refractivity contribution in [3.8, 4) is 0 Å². The minimum absolute atomic E-state index is 0.768. The molecule has 0 amide bonds. The smallest absolute Gasteiger partial charge is 0.297 e. The molecular formula is C42H32N4OP2. The lowest BCUT2D eigenvalue weighted by molar-refractivity contribution is 0.582. The Kier molecular flexibility index (Phi) is 7.31. The molecule has 0 saturated carbocycles. The third-order valence-corrected chi connectivity index (χ3v) is 14.4. The van der Waals surface area contributed by atoms with Crippen molar-refractivity contribution >= 4 is 71.8 Å². The highest BCUT2D eigenvalue weighted by atomic mass is 31.2. The molecule has 7 aromatic rings. The lowest BCUT2D eigenvalue weighted by Gasteiger charge is -2.34. The number of para-hydroxylation sites is 8. The summed E-state index contributed by atoms with van der Waals surface area (Å²) in [6, 6.07) is 66.8. The van der Waals surface area contributed by atoms with Crippen molar-refractivity contribution in [1.82, 2.24) is 0 Å². The standard InChI is InChI=1S/C42H32N4OP2/c47-49(45(35-21-9-3-10-22-35)41-27-15-16-28-42(41)46(49)36-23-11-4-12-24-36)38-31-29-37(30-32-38)48-43(33-17-5-1-6-18-33)39-25-13-14-26-40(39)44(48)34-19-7-2-8-20-34/h1-32H. The summed E-state index contributed by atoms with van der Waals surface area (Å²) in [7, 11) is -4.57. The van der Waals surface area contributed by atoms with Gasteiger partial charge in [0.05, 0.1) is 28.1 Å². The summed E-state index contributed by atoms with van der Waals surface area (Å²) in [5, 5.41) is 1.92. The van der Waals surface area contributed by atoms with Crippen LogP contribution < -0.4 is 29.3 Å². The Morgan fingerprint density at radius 3 is 1.06 bits per heavy atom. The van der Waals surface area contributed by atoms with Gasteiger partial charge >= 0.3 is 7.44 Å². The van der Waals surface area contributed by atoms with Crippen molar-refractivity contribution < 1.29 is 4.57 Å². The first-order valence-electron chi connectivity index (χ1n) is 16.3. The minimum Gasteiger partial charge on any atom is -0.297 e. The molecule has 0 radical (unpaired) electrons. The van der Waals surface area contributed by atoms with Crippen molar-refractivity contribution in [1.29, 1.82) is 0 Å². The number of fused-ring (bicyclic) bond motifs is 2. The highest BCUT2D eigenvalue weighted by molar-refractivity contribution is 7.76. The molecule has 5 nitrogen and oxygen atoms in total. The Labute approximate surface area is 288 Å². The average Bonchev–Trinajstić information content (AvgIpc) is 3.66. The highest BCUT2D eigenvalue weighted by Crippen LogP contribution is 2.70. The van der Waals surface area contributed by atoms with Gasteiger partial charge in [0.15, 0.2) is 0 Å². The third kappa shape index (κ3) is 4.77. The molecule has 2 aliphatic rings. The number of hydrogen-bond donors (Lipinski definition) is 0. The van der Waals surface area contributed by atoms with Gasteiger partial charge in [0.25, 0.3) is 0 Å². The fourth-order valence-electron chi connectivity index (χ4n) is 6.93. The molecule has 0 saturated heterocycles. The normalized spacial score (nSPS) is 14.9. The van der Waals surface area contributed by atoms with Crippen LogP contribution in [-0.4, -0.2) is 0 Å². The fraction of sp³-hybridized carbons (Fsp3) is 0. The average molecular weight is 671 g/mol. The van der Waals surface area contributed by atoms with E-state index in [2.05, 4.69) is 131 Å². The van der Waals surface area contributed by atoms with E-state index in [0.29, 0.717) is 0 Å². The Morgan fingerprint density at radius 1 is 0.347 bits per heavy atom. The maximum absolute atomic E-state index is 16.2. The van der Waals surface area contributed by atoms with Crippen LogP contribution in [0.15, 0.2) is 194 Å². The van der Waals surface area contributed by atoms with Gasteiger partial charge in [-0.25, -0.2) is 0 Å². The molecule has 0 aliphatic carbocycles. The SMILES string of the molecule is O=P1(c2ccc(P3N(c4ccccc4)c4ccccc4N3c3ccccc3)cc2)N(c2ccccc2)c2ccccc2N1c1ccccc1. The molecule has 9 rings (SSSR count). The Bertz CT molecular complexity index is 2150. The predicted molar refractivity (Wildman–Crippen MR) is 207 cm³/mol. The van der Waals surface area contributed by atoms with Gasteiger partial charge in [-0.15, -0.1) is 0 Å². The molecule has 7 heteroatoms. The molecule has 0 unspecified atom stereocenters. The minimum atomic E-state index is -3.48. The van der Waals surface area contributed by atoms with Crippen LogP contribution in [0.2, 0.25) is 0 Å². The third-order valence-electron chi connectivity index (χ3n) is 9.02. The topological polar surface area (TPSA) is 30.0 Å². The Balaban J connectivity index is 1.22. The summed E-state index contributed by atoms with van der Waals surface area (Å²) in [5.74, 6) is 0. The summed E-state index contributed by atoms with van der Waals surface area (Å²) in [6.07, 6.45) is 0. The van der Waals surface area contributed by atoms with Crippen LogP contribution in [0.25, 0.3) is 0 Å². The molecule has 7 aromatic carbocycles. The summed E-state index contributed by atoms with van der Waals surface area (Å²) >= 11 is 0. The molecular weight excluding hydrogens is 638 g/mol. The molecule has 0 bridgehead atoms. The van der Waals surface area contributed by atoms with Gasteiger partial charge in [-0.05, 0) is 84.9 Å². The Hall–Kier alpha value is -5.60. The molecule has 0 N–H and O–H groups in total. The van der Waals surface area contributed by atoms with E-state index in [-0.39, 0.29) is 0 Å². The molecule has 0 aromatic heterocycles. The van der Waals surface area contributed by atoms with Gasteiger partial charge < -0.3 is 0 Å². The second kappa shape index (κ2) is 12.1. The molecule has 0 spiro atoms. The molecule has 2 heterocycles. The zero-order chi connectivity index (χ0) is 32.8. The highest BCUT2D eigenvalue weighted by Gasteiger charge is 2.49. The predicted octanol–water partition coefficient (Wildman–Crippen LogP) is 11.4. The van der Waals surface area contributed by atoms with E-state index >= 15 is 4.57 Å². The van der Waals surface area contributed by atoms with E-state index in [1.165, 1.54) is 0 Å². The van der Waals surface area contributed by atoms with Crippen LogP contribution in [0.4, 0.5) is 45.5 Å². The first-order valence-corrected chi connectivity index (χ1v) is 19.2. The lowest BCUT2D eigenvalue weighted by atomic mass is 10.2. The van der Waals surface area contributed by atoms with Gasteiger partial charge in [-0.2, -0.15) is 0 Å². The summed E-state index contributed by atoms with van der Waals surface area (Å²) < 4.78 is 25.2. The van der Waals surface area contributed by atoms with Gasteiger partial charge in [-0.3, -0.25) is 23.2 Å². The largest absolute Gasteiger partial charge is 0.301 e. The van der Waals surface area contributed by atoms with Crippen LogP contribution >= 0.6 is 15.7 Å².